The Balaban J connectivity index is 2.09. The zero-order valence-corrected chi connectivity index (χ0v) is 26.0. The topological polar surface area (TPSA) is 89.9 Å². The highest BCUT2D eigenvalue weighted by Crippen LogP contribution is 2.37. The monoisotopic (exact) mass is 602 g/mol. The lowest BCUT2D eigenvalue weighted by Crippen LogP contribution is -2.15. The second-order valence-corrected chi connectivity index (χ2v) is 11.3. The zero-order valence-electron chi connectivity index (χ0n) is 26.0. The number of carboxylic acids is 1. The van der Waals surface area contributed by atoms with Gasteiger partial charge in [-0.25, -0.2) is 18.4 Å². The molecule has 2 aromatic rings. The Morgan fingerprint density at radius 1 is 0.791 bits per heavy atom. The molecule has 43 heavy (non-hydrogen) atoms. The van der Waals surface area contributed by atoms with Crippen LogP contribution in [0.5, 0.6) is 5.75 Å². The lowest BCUT2D eigenvalue weighted by Gasteiger charge is -2.15. The molecule has 6 nitrogen and oxygen atoms in total. The fourth-order valence-corrected chi connectivity index (χ4v) is 5.00. The molecule has 0 aromatic heterocycles. The summed E-state index contributed by atoms with van der Waals surface area (Å²) in [5.41, 5.74) is -1.56. The van der Waals surface area contributed by atoms with Gasteiger partial charge in [0.15, 0.2) is 0 Å². The van der Waals surface area contributed by atoms with E-state index in [-0.39, 0.29) is 29.4 Å². The van der Waals surface area contributed by atoms with E-state index in [4.69, 9.17) is 9.47 Å². The van der Waals surface area contributed by atoms with Crippen molar-refractivity contribution in [2.75, 3.05) is 0 Å². The highest BCUT2D eigenvalue weighted by Gasteiger charge is 2.25. The van der Waals surface area contributed by atoms with Crippen LogP contribution in [0.2, 0.25) is 0 Å². The van der Waals surface area contributed by atoms with E-state index in [0.717, 1.165) is 63.1 Å². The first kappa shape index (κ1) is 35.9. The Hall–Kier alpha value is -3.29. The van der Waals surface area contributed by atoms with E-state index in [2.05, 4.69) is 13.8 Å². The average molecular weight is 603 g/mol. The van der Waals surface area contributed by atoms with E-state index in [1.165, 1.54) is 50.7 Å². The molecule has 0 saturated heterocycles. The second kappa shape index (κ2) is 19.8. The molecule has 1 atom stereocenters. The van der Waals surface area contributed by atoms with Crippen LogP contribution in [0.15, 0.2) is 30.3 Å². The molecule has 0 unspecified atom stereocenters. The smallest absolute Gasteiger partial charge is 0.338 e. The number of hydrogen-bond acceptors (Lipinski definition) is 5. The number of carboxylic acid groups (broad SMARTS) is 1. The minimum atomic E-state index is -1.55. The highest BCUT2D eigenvalue weighted by molar-refractivity contribution is 5.93. The second-order valence-electron chi connectivity index (χ2n) is 11.3. The van der Waals surface area contributed by atoms with Crippen LogP contribution in [0.25, 0.3) is 11.1 Å². The molecule has 0 bridgehead atoms. The van der Waals surface area contributed by atoms with Crippen molar-refractivity contribution < 1.29 is 37.7 Å². The maximum absolute atomic E-state index is 15.4. The first-order chi connectivity index (χ1) is 20.7. The quantitative estimate of drug-likeness (QED) is 0.0869. The van der Waals surface area contributed by atoms with Gasteiger partial charge < -0.3 is 14.6 Å². The van der Waals surface area contributed by atoms with Crippen LogP contribution in [0.4, 0.5) is 8.78 Å². The lowest BCUT2D eigenvalue weighted by atomic mass is 9.98. The summed E-state index contributed by atoms with van der Waals surface area (Å²) in [7, 11) is 0. The summed E-state index contributed by atoms with van der Waals surface area (Å²) in [4.78, 5) is 36.8. The molecule has 2 rings (SSSR count). The Morgan fingerprint density at radius 2 is 1.37 bits per heavy atom. The van der Waals surface area contributed by atoms with Crippen molar-refractivity contribution in [2.24, 2.45) is 0 Å². The van der Waals surface area contributed by atoms with Crippen LogP contribution in [0, 0.1) is 11.6 Å². The van der Waals surface area contributed by atoms with Gasteiger partial charge in [-0.3, -0.25) is 4.79 Å². The molecular weight excluding hydrogens is 554 g/mol. The van der Waals surface area contributed by atoms with Crippen molar-refractivity contribution in [1.82, 2.24) is 0 Å². The number of hydrogen-bond donors (Lipinski definition) is 1. The Morgan fingerprint density at radius 3 is 1.95 bits per heavy atom. The van der Waals surface area contributed by atoms with E-state index >= 15 is 8.78 Å². The largest absolute Gasteiger partial charge is 0.478 e. The molecule has 238 valence electrons. The summed E-state index contributed by atoms with van der Waals surface area (Å²) in [6.07, 6.45) is 15.4. The van der Waals surface area contributed by atoms with E-state index in [0.29, 0.717) is 12.8 Å². The van der Waals surface area contributed by atoms with E-state index in [1.54, 1.807) is 6.92 Å². The normalized spacial score (nSPS) is 11.7. The van der Waals surface area contributed by atoms with Gasteiger partial charge >= 0.3 is 17.9 Å². The zero-order chi connectivity index (χ0) is 31.6. The van der Waals surface area contributed by atoms with Crippen LogP contribution in [-0.2, 0) is 9.53 Å². The first-order valence-corrected chi connectivity index (χ1v) is 16.0. The summed E-state index contributed by atoms with van der Waals surface area (Å²) < 4.78 is 41.6. The summed E-state index contributed by atoms with van der Waals surface area (Å²) in [5.74, 6) is -5.36. The molecule has 0 aliphatic rings. The maximum atomic E-state index is 15.4. The summed E-state index contributed by atoms with van der Waals surface area (Å²) in [6.45, 7) is 6.11. The Bertz CT molecular complexity index is 1180. The summed E-state index contributed by atoms with van der Waals surface area (Å²) >= 11 is 0. The van der Waals surface area contributed by atoms with Gasteiger partial charge in [0.2, 0.25) is 0 Å². The van der Waals surface area contributed by atoms with Crippen LogP contribution < -0.4 is 4.74 Å². The number of aromatic carboxylic acids is 1. The van der Waals surface area contributed by atoms with Crippen molar-refractivity contribution in [2.45, 2.75) is 130 Å². The average Bonchev–Trinajstić information content (AvgIpc) is 2.96. The number of halogens is 2. The number of carbonyl (C=O) groups excluding carboxylic acids is 2. The SMILES string of the molecule is CCCCCCCCCCC(=O)Oc1ccc(C(=O)O)c(F)c1-c1ccc(C(=O)O[C@H](C)CCCCCCCC)cc1F. The molecule has 0 fully saturated rings. The van der Waals surface area contributed by atoms with Gasteiger partial charge in [0, 0.05) is 12.0 Å². The Labute approximate surface area is 255 Å². The number of rotatable bonds is 21. The molecule has 1 N–H and O–H groups in total. The molecule has 0 aliphatic carbocycles. The molecule has 0 heterocycles. The molecule has 8 heteroatoms. The van der Waals surface area contributed by atoms with E-state index in [1.807, 2.05) is 0 Å². The third kappa shape index (κ3) is 12.5. The number of esters is 2. The predicted molar refractivity (Wildman–Crippen MR) is 164 cm³/mol. The number of ether oxygens (including phenoxy) is 2. The van der Waals surface area contributed by atoms with Gasteiger partial charge in [0.05, 0.1) is 22.8 Å². The first-order valence-electron chi connectivity index (χ1n) is 16.0. The van der Waals surface area contributed by atoms with Crippen LogP contribution in [0.1, 0.15) is 144 Å². The van der Waals surface area contributed by atoms with Gasteiger partial charge in [-0.15, -0.1) is 0 Å². The molecule has 0 spiro atoms. The van der Waals surface area contributed by atoms with Crippen molar-refractivity contribution in [1.29, 1.82) is 0 Å². The maximum Gasteiger partial charge on any atom is 0.338 e. The van der Waals surface area contributed by atoms with Crippen molar-refractivity contribution in [3.8, 4) is 16.9 Å². The number of benzene rings is 2. The van der Waals surface area contributed by atoms with Crippen molar-refractivity contribution >= 4 is 17.9 Å². The third-order valence-electron chi connectivity index (χ3n) is 7.54. The van der Waals surface area contributed by atoms with E-state index in [9.17, 15) is 19.5 Å². The number of carbonyl (C=O) groups is 3. The molecule has 0 saturated carbocycles. The van der Waals surface area contributed by atoms with Crippen LogP contribution in [-0.4, -0.2) is 29.1 Å². The molecule has 0 radical (unpaired) electrons. The molecule has 0 amide bonds. The minimum Gasteiger partial charge on any atom is -0.478 e. The van der Waals surface area contributed by atoms with Gasteiger partial charge in [-0.2, -0.15) is 0 Å². The fourth-order valence-electron chi connectivity index (χ4n) is 5.00. The van der Waals surface area contributed by atoms with E-state index < -0.39 is 40.7 Å². The van der Waals surface area contributed by atoms with Gasteiger partial charge in [-0.1, -0.05) is 97.0 Å². The summed E-state index contributed by atoms with van der Waals surface area (Å²) in [5, 5.41) is 9.43. The predicted octanol–water partition coefficient (Wildman–Crippen LogP) is 10.1. The third-order valence-corrected chi connectivity index (χ3v) is 7.54. The van der Waals surface area contributed by atoms with Crippen molar-refractivity contribution in [3.05, 3.63) is 53.1 Å². The van der Waals surface area contributed by atoms with Gasteiger partial charge in [-0.05, 0) is 50.5 Å². The number of unbranched alkanes of at least 4 members (excludes halogenated alkanes) is 12. The Kier molecular flexibility index (Phi) is 16.5. The fraction of sp³-hybridized carbons (Fsp3) is 0.571. The van der Waals surface area contributed by atoms with Crippen molar-refractivity contribution in [3.63, 3.8) is 0 Å². The molecular formula is C35H48F2O6. The van der Waals surface area contributed by atoms with Gasteiger partial charge in [0.1, 0.15) is 17.4 Å². The standard InChI is InChI=1S/C35H48F2O6/c1-4-6-8-10-12-13-15-17-19-31(38)43-30-23-22-28(34(39)40)33(37)32(30)27-21-20-26(24-29(27)36)35(41)42-25(3)18-16-14-11-9-7-5-2/h20-25H,4-19H2,1-3H3,(H,39,40)/t25-/m1/s1. The lowest BCUT2D eigenvalue weighted by molar-refractivity contribution is -0.134. The van der Waals surface area contributed by atoms with Crippen LogP contribution >= 0.6 is 0 Å². The molecule has 2 aromatic carbocycles. The summed E-state index contributed by atoms with van der Waals surface area (Å²) in [6, 6.07) is 5.52. The molecule has 0 aliphatic heterocycles. The highest BCUT2D eigenvalue weighted by atomic mass is 19.1. The van der Waals surface area contributed by atoms with Gasteiger partial charge in [0.25, 0.3) is 0 Å². The van der Waals surface area contributed by atoms with Crippen LogP contribution in [0.3, 0.4) is 0 Å². The minimum absolute atomic E-state index is 0.0564.